The number of hydrogen-bond acceptors (Lipinski definition) is 3. The molecule has 1 aromatic heterocycles. The highest BCUT2D eigenvalue weighted by Gasteiger charge is 1.96. The van der Waals surface area contributed by atoms with Crippen molar-refractivity contribution in [1.29, 1.82) is 0 Å². The number of nitrogens with zero attached hydrogens (tertiary/aromatic N) is 3. The van der Waals surface area contributed by atoms with Gasteiger partial charge in [-0.15, -0.1) is 6.58 Å². The van der Waals surface area contributed by atoms with Gasteiger partial charge in [0.05, 0.1) is 6.54 Å². The predicted molar refractivity (Wildman–Crippen MR) is 42.9 cm³/mol. The standard InChI is InChI=1S/C7H12N4/c1-3-4-8-5-7-9-6-10-11(7)2/h3,6,8H,1,4-5H2,2H3. The Balaban J connectivity index is 2.38. The second-order valence-electron chi connectivity index (χ2n) is 2.22. The van der Waals surface area contributed by atoms with E-state index >= 15 is 0 Å². The lowest BCUT2D eigenvalue weighted by molar-refractivity contribution is 0.642. The molecule has 0 spiro atoms. The molecule has 1 aromatic rings. The molecule has 1 heterocycles. The Bertz CT molecular complexity index is 228. The first-order valence-corrected chi connectivity index (χ1v) is 3.49. The number of nitrogens with one attached hydrogen (secondary N) is 1. The normalized spacial score (nSPS) is 9.91. The van der Waals surface area contributed by atoms with Gasteiger partial charge in [-0.3, -0.25) is 4.68 Å². The Morgan fingerprint density at radius 3 is 3.18 bits per heavy atom. The quantitative estimate of drug-likeness (QED) is 0.491. The Hall–Kier alpha value is -1.16. The van der Waals surface area contributed by atoms with Crippen LogP contribution in [0.4, 0.5) is 0 Å². The first kappa shape index (κ1) is 7.94. The molecular formula is C7H12N4. The van der Waals surface area contributed by atoms with Crippen molar-refractivity contribution in [3.05, 3.63) is 24.8 Å². The van der Waals surface area contributed by atoms with E-state index in [-0.39, 0.29) is 0 Å². The topological polar surface area (TPSA) is 42.7 Å². The van der Waals surface area contributed by atoms with E-state index in [0.717, 1.165) is 18.9 Å². The Kier molecular flexibility index (Phi) is 2.80. The lowest BCUT2D eigenvalue weighted by Gasteiger charge is -1.99. The molecule has 0 saturated heterocycles. The summed E-state index contributed by atoms with van der Waals surface area (Å²) in [5.41, 5.74) is 0. The lowest BCUT2D eigenvalue weighted by atomic mass is 10.5. The maximum absolute atomic E-state index is 4.04. The first-order valence-electron chi connectivity index (χ1n) is 3.49. The number of aromatic nitrogens is 3. The third kappa shape index (κ3) is 2.16. The van der Waals surface area contributed by atoms with Gasteiger partial charge < -0.3 is 5.32 Å². The average molecular weight is 152 g/mol. The van der Waals surface area contributed by atoms with Gasteiger partial charge in [0, 0.05) is 13.6 Å². The molecule has 0 aromatic carbocycles. The fourth-order valence-electron chi connectivity index (χ4n) is 0.766. The summed E-state index contributed by atoms with van der Waals surface area (Å²) >= 11 is 0. The second-order valence-corrected chi connectivity index (χ2v) is 2.22. The third-order valence-electron chi connectivity index (χ3n) is 1.38. The van der Waals surface area contributed by atoms with Crippen LogP contribution in [-0.4, -0.2) is 21.3 Å². The van der Waals surface area contributed by atoms with Crippen LogP contribution in [0.2, 0.25) is 0 Å². The molecule has 4 nitrogen and oxygen atoms in total. The van der Waals surface area contributed by atoms with Crippen LogP contribution < -0.4 is 5.32 Å². The highest BCUT2D eigenvalue weighted by molar-refractivity contribution is 4.83. The average Bonchev–Trinajstić information content (AvgIpc) is 2.37. The minimum Gasteiger partial charge on any atom is -0.306 e. The molecule has 0 unspecified atom stereocenters. The largest absolute Gasteiger partial charge is 0.306 e. The van der Waals surface area contributed by atoms with E-state index in [9.17, 15) is 0 Å². The van der Waals surface area contributed by atoms with E-state index in [1.807, 2.05) is 13.1 Å². The zero-order valence-corrected chi connectivity index (χ0v) is 6.62. The van der Waals surface area contributed by atoms with Crippen LogP contribution in [-0.2, 0) is 13.6 Å². The van der Waals surface area contributed by atoms with Crippen molar-refractivity contribution in [2.24, 2.45) is 7.05 Å². The Labute approximate surface area is 65.9 Å². The number of hydrogen-bond donors (Lipinski definition) is 1. The Morgan fingerprint density at radius 1 is 1.82 bits per heavy atom. The summed E-state index contributed by atoms with van der Waals surface area (Å²) in [6.07, 6.45) is 3.36. The van der Waals surface area contributed by atoms with Crippen LogP contribution in [0.15, 0.2) is 19.0 Å². The molecule has 0 aliphatic heterocycles. The van der Waals surface area contributed by atoms with Gasteiger partial charge in [-0.1, -0.05) is 6.08 Å². The van der Waals surface area contributed by atoms with Gasteiger partial charge in [0.15, 0.2) is 0 Å². The first-order chi connectivity index (χ1) is 5.34. The van der Waals surface area contributed by atoms with Crippen LogP contribution >= 0.6 is 0 Å². The molecule has 0 bridgehead atoms. The fraction of sp³-hybridized carbons (Fsp3) is 0.429. The molecule has 1 rings (SSSR count). The maximum Gasteiger partial charge on any atom is 0.140 e. The van der Waals surface area contributed by atoms with Gasteiger partial charge in [-0.2, -0.15) is 5.10 Å². The van der Waals surface area contributed by atoms with Crippen LogP contribution in [0, 0.1) is 0 Å². The summed E-state index contributed by atoms with van der Waals surface area (Å²) in [4.78, 5) is 4.04. The minimum atomic E-state index is 0.739. The van der Waals surface area contributed by atoms with Crippen LogP contribution in [0.1, 0.15) is 5.82 Å². The molecule has 0 aliphatic carbocycles. The van der Waals surface area contributed by atoms with E-state index in [2.05, 4.69) is 22.0 Å². The highest BCUT2D eigenvalue weighted by Crippen LogP contribution is 1.87. The molecule has 1 N–H and O–H groups in total. The maximum atomic E-state index is 4.04. The third-order valence-corrected chi connectivity index (χ3v) is 1.38. The summed E-state index contributed by atoms with van der Waals surface area (Å²) < 4.78 is 1.75. The van der Waals surface area contributed by atoms with E-state index in [1.165, 1.54) is 0 Å². The summed E-state index contributed by atoms with van der Waals surface area (Å²) in [6, 6.07) is 0. The zero-order chi connectivity index (χ0) is 8.10. The van der Waals surface area contributed by atoms with E-state index in [1.54, 1.807) is 11.0 Å². The minimum absolute atomic E-state index is 0.739. The van der Waals surface area contributed by atoms with Crippen LogP contribution in [0.3, 0.4) is 0 Å². The molecule has 0 radical (unpaired) electrons. The van der Waals surface area contributed by atoms with Gasteiger partial charge in [0.25, 0.3) is 0 Å². The molecule has 60 valence electrons. The van der Waals surface area contributed by atoms with Crippen molar-refractivity contribution in [3.63, 3.8) is 0 Å². The van der Waals surface area contributed by atoms with Crippen LogP contribution in [0.5, 0.6) is 0 Å². The number of rotatable bonds is 4. The van der Waals surface area contributed by atoms with Crippen molar-refractivity contribution < 1.29 is 0 Å². The molecule has 0 amide bonds. The van der Waals surface area contributed by atoms with E-state index in [0.29, 0.717) is 0 Å². The van der Waals surface area contributed by atoms with Gasteiger partial charge in [-0.05, 0) is 0 Å². The Morgan fingerprint density at radius 2 is 2.64 bits per heavy atom. The molecule has 0 saturated carbocycles. The number of aryl methyl sites for hydroxylation is 1. The predicted octanol–water partition coefficient (Wildman–Crippen LogP) is 0.0907. The van der Waals surface area contributed by atoms with E-state index < -0.39 is 0 Å². The summed E-state index contributed by atoms with van der Waals surface area (Å²) in [6.45, 7) is 5.13. The van der Waals surface area contributed by atoms with Crippen LogP contribution in [0.25, 0.3) is 0 Å². The molecule has 0 aliphatic rings. The zero-order valence-electron chi connectivity index (χ0n) is 6.62. The fourth-order valence-corrected chi connectivity index (χ4v) is 0.766. The molecule has 0 fully saturated rings. The van der Waals surface area contributed by atoms with Crippen molar-refractivity contribution in [2.75, 3.05) is 6.54 Å². The summed E-state index contributed by atoms with van der Waals surface area (Å²) in [5, 5.41) is 7.07. The van der Waals surface area contributed by atoms with Gasteiger partial charge in [0.2, 0.25) is 0 Å². The SMILES string of the molecule is C=CCNCc1ncnn1C. The van der Waals surface area contributed by atoms with Gasteiger partial charge in [0.1, 0.15) is 12.2 Å². The van der Waals surface area contributed by atoms with E-state index in [4.69, 9.17) is 0 Å². The monoisotopic (exact) mass is 152 g/mol. The highest BCUT2D eigenvalue weighted by atomic mass is 15.3. The summed E-state index contributed by atoms with van der Waals surface area (Å²) in [7, 11) is 1.87. The second kappa shape index (κ2) is 3.88. The smallest absolute Gasteiger partial charge is 0.140 e. The van der Waals surface area contributed by atoms with Crippen molar-refractivity contribution in [2.45, 2.75) is 6.54 Å². The van der Waals surface area contributed by atoms with Crippen molar-refractivity contribution in [1.82, 2.24) is 20.1 Å². The molecule has 11 heavy (non-hydrogen) atoms. The van der Waals surface area contributed by atoms with Crippen molar-refractivity contribution >= 4 is 0 Å². The van der Waals surface area contributed by atoms with Gasteiger partial charge >= 0.3 is 0 Å². The summed E-state index contributed by atoms with van der Waals surface area (Å²) in [5.74, 6) is 0.937. The van der Waals surface area contributed by atoms with Gasteiger partial charge in [-0.25, -0.2) is 4.98 Å². The van der Waals surface area contributed by atoms with Crippen molar-refractivity contribution in [3.8, 4) is 0 Å². The lowest BCUT2D eigenvalue weighted by Crippen LogP contribution is -2.16. The molecular weight excluding hydrogens is 140 g/mol. The molecule has 0 atom stereocenters. The molecule has 4 heteroatoms.